The largest absolute Gasteiger partial charge is 0.309 e. The van der Waals surface area contributed by atoms with Crippen LogP contribution in [0.4, 0.5) is 5.69 Å². The van der Waals surface area contributed by atoms with Gasteiger partial charge in [-0.15, -0.1) is 24.2 Å². The molecule has 0 fully saturated rings. The smallest absolute Gasteiger partial charge is 0.241 e. The van der Waals surface area contributed by atoms with Gasteiger partial charge in [0.25, 0.3) is 0 Å². The molecule has 0 saturated carbocycles. The van der Waals surface area contributed by atoms with Crippen molar-refractivity contribution in [3.05, 3.63) is 59.1 Å². The molecule has 2 aromatic rings. The number of fused-ring (bicyclic) bond motifs is 1. The van der Waals surface area contributed by atoms with E-state index in [0.717, 1.165) is 22.2 Å². The molecule has 1 amide bonds. The number of anilines is 1. The minimum absolute atomic E-state index is 0. The SMILES string of the molecule is CCNCC(=O)N1C[C@@H](c2ccc(Cl)cc2)Sc2ccccc21.Cl. The number of halogens is 2. The summed E-state index contributed by atoms with van der Waals surface area (Å²) in [6.45, 7) is 3.83. The number of carbonyl (C=O) groups is 1. The van der Waals surface area contributed by atoms with Crippen molar-refractivity contribution in [2.24, 2.45) is 0 Å². The monoisotopic (exact) mass is 382 g/mol. The molecule has 0 bridgehead atoms. The molecule has 6 heteroatoms. The van der Waals surface area contributed by atoms with E-state index in [9.17, 15) is 4.79 Å². The Kier molecular flexibility index (Phi) is 6.99. The molecule has 0 radical (unpaired) electrons. The first kappa shape index (κ1) is 19.1. The number of hydrogen-bond acceptors (Lipinski definition) is 3. The van der Waals surface area contributed by atoms with Crippen molar-refractivity contribution < 1.29 is 4.79 Å². The lowest BCUT2D eigenvalue weighted by atomic mass is 10.1. The molecule has 3 rings (SSSR count). The van der Waals surface area contributed by atoms with E-state index in [1.807, 2.05) is 54.3 Å². The van der Waals surface area contributed by atoms with E-state index < -0.39 is 0 Å². The lowest BCUT2D eigenvalue weighted by Crippen LogP contribution is -2.42. The van der Waals surface area contributed by atoms with Crippen molar-refractivity contribution in [3.8, 4) is 0 Å². The minimum Gasteiger partial charge on any atom is -0.309 e. The molecule has 1 heterocycles. The van der Waals surface area contributed by atoms with Gasteiger partial charge in [0.15, 0.2) is 0 Å². The molecule has 1 aliphatic heterocycles. The molecular formula is C18H20Cl2N2OS. The Morgan fingerprint density at radius 2 is 1.96 bits per heavy atom. The number of thioether (sulfide) groups is 1. The summed E-state index contributed by atoms with van der Waals surface area (Å²) in [5, 5.41) is 4.07. The number of benzene rings is 2. The van der Waals surface area contributed by atoms with Crippen LogP contribution in [0, 0.1) is 0 Å². The summed E-state index contributed by atoms with van der Waals surface area (Å²) in [6, 6.07) is 16.0. The highest BCUT2D eigenvalue weighted by atomic mass is 35.5. The van der Waals surface area contributed by atoms with Crippen molar-refractivity contribution in [1.82, 2.24) is 5.32 Å². The highest BCUT2D eigenvalue weighted by molar-refractivity contribution is 7.99. The zero-order valence-corrected chi connectivity index (χ0v) is 15.8. The van der Waals surface area contributed by atoms with E-state index >= 15 is 0 Å². The number of likely N-dealkylation sites (N-methyl/N-ethyl adjacent to an activating group) is 1. The molecule has 1 N–H and O–H groups in total. The van der Waals surface area contributed by atoms with Crippen LogP contribution in [0.3, 0.4) is 0 Å². The van der Waals surface area contributed by atoms with Crippen molar-refractivity contribution in [2.75, 3.05) is 24.5 Å². The second kappa shape index (κ2) is 8.77. The van der Waals surface area contributed by atoms with E-state index in [-0.39, 0.29) is 23.6 Å². The van der Waals surface area contributed by atoms with Gasteiger partial charge in [-0.3, -0.25) is 4.79 Å². The summed E-state index contributed by atoms with van der Waals surface area (Å²) >= 11 is 7.79. The summed E-state index contributed by atoms with van der Waals surface area (Å²) in [7, 11) is 0. The summed E-state index contributed by atoms with van der Waals surface area (Å²) in [5.74, 6) is 0.110. The number of rotatable bonds is 4. The van der Waals surface area contributed by atoms with Crippen molar-refractivity contribution in [1.29, 1.82) is 0 Å². The predicted molar refractivity (Wildman–Crippen MR) is 105 cm³/mol. The van der Waals surface area contributed by atoms with Crippen LogP contribution >= 0.6 is 35.8 Å². The fourth-order valence-corrected chi connectivity index (χ4v) is 4.05. The van der Waals surface area contributed by atoms with E-state index in [4.69, 9.17) is 11.6 Å². The first-order valence-electron chi connectivity index (χ1n) is 7.71. The predicted octanol–water partition coefficient (Wildman–Crippen LogP) is 4.55. The fraction of sp³-hybridized carbons (Fsp3) is 0.278. The normalized spacial score (nSPS) is 16.2. The van der Waals surface area contributed by atoms with Crippen molar-refractivity contribution in [3.63, 3.8) is 0 Å². The third-order valence-electron chi connectivity index (χ3n) is 3.84. The van der Waals surface area contributed by atoms with Crippen LogP contribution in [-0.4, -0.2) is 25.5 Å². The maximum Gasteiger partial charge on any atom is 0.241 e. The zero-order valence-electron chi connectivity index (χ0n) is 13.4. The number of nitrogens with one attached hydrogen (secondary N) is 1. The Morgan fingerprint density at radius 1 is 1.25 bits per heavy atom. The van der Waals surface area contributed by atoms with Gasteiger partial charge in [-0.1, -0.05) is 42.8 Å². The first-order valence-corrected chi connectivity index (χ1v) is 8.97. The Morgan fingerprint density at radius 3 is 2.67 bits per heavy atom. The summed E-state index contributed by atoms with van der Waals surface area (Å²) < 4.78 is 0. The number of amides is 1. The Labute approximate surface area is 158 Å². The average Bonchev–Trinajstić information content (AvgIpc) is 2.59. The van der Waals surface area contributed by atoms with Crippen LogP contribution in [0.25, 0.3) is 0 Å². The number of hydrogen-bond donors (Lipinski definition) is 1. The van der Waals surface area contributed by atoms with Crippen LogP contribution in [0.5, 0.6) is 0 Å². The van der Waals surface area contributed by atoms with Gasteiger partial charge in [-0.25, -0.2) is 0 Å². The third kappa shape index (κ3) is 4.25. The first-order chi connectivity index (χ1) is 11.2. The van der Waals surface area contributed by atoms with Gasteiger partial charge >= 0.3 is 0 Å². The number of para-hydroxylation sites is 1. The molecule has 0 saturated heterocycles. The Hall–Kier alpha value is -1.20. The van der Waals surface area contributed by atoms with Crippen LogP contribution in [0.1, 0.15) is 17.7 Å². The van der Waals surface area contributed by atoms with E-state index in [2.05, 4.69) is 11.4 Å². The van der Waals surface area contributed by atoms with Crippen LogP contribution in [-0.2, 0) is 4.79 Å². The molecular weight excluding hydrogens is 363 g/mol. The molecule has 24 heavy (non-hydrogen) atoms. The molecule has 1 aliphatic rings. The Bertz CT molecular complexity index is 694. The maximum atomic E-state index is 12.6. The molecule has 0 unspecified atom stereocenters. The minimum atomic E-state index is 0. The third-order valence-corrected chi connectivity index (χ3v) is 5.40. The lowest BCUT2D eigenvalue weighted by molar-refractivity contribution is -0.117. The number of nitrogens with zero attached hydrogens (tertiary/aromatic N) is 1. The van der Waals surface area contributed by atoms with Crippen LogP contribution < -0.4 is 10.2 Å². The zero-order chi connectivity index (χ0) is 16.2. The van der Waals surface area contributed by atoms with Gasteiger partial charge < -0.3 is 10.2 Å². The highest BCUT2D eigenvalue weighted by Gasteiger charge is 2.29. The van der Waals surface area contributed by atoms with E-state index in [1.54, 1.807) is 11.8 Å². The van der Waals surface area contributed by atoms with Crippen LogP contribution in [0.2, 0.25) is 5.02 Å². The Balaban J connectivity index is 0.00000208. The van der Waals surface area contributed by atoms with Gasteiger partial charge in [0.05, 0.1) is 17.5 Å². The van der Waals surface area contributed by atoms with Crippen molar-refractivity contribution in [2.45, 2.75) is 17.1 Å². The average molecular weight is 383 g/mol. The van der Waals surface area contributed by atoms with E-state index in [1.165, 1.54) is 5.56 Å². The molecule has 3 nitrogen and oxygen atoms in total. The fourth-order valence-electron chi connectivity index (χ4n) is 2.65. The molecule has 0 aliphatic carbocycles. The topological polar surface area (TPSA) is 32.3 Å². The van der Waals surface area contributed by atoms with Gasteiger partial charge in [0.2, 0.25) is 5.91 Å². The summed E-state index contributed by atoms with van der Waals surface area (Å²) in [6.07, 6.45) is 0. The second-order valence-electron chi connectivity index (χ2n) is 5.41. The number of carbonyl (C=O) groups excluding carboxylic acids is 1. The molecule has 1 atom stereocenters. The van der Waals surface area contributed by atoms with Crippen molar-refractivity contribution >= 4 is 47.4 Å². The van der Waals surface area contributed by atoms with Gasteiger partial charge in [0, 0.05) is 16.5 Å². The maximum absolute atomic E-state index is 12.6. The molecule has 128 valence electrons. The molecule has 0 aromatic heterocycles. The van der Waals surface area contributed by atoms with Crippen LogP contribution in [0.15, 0.2) is 53.4 Å². The van der Waals surface area contributed by atoms with Gasteiger partial charge in [0.1, 0.15) is 0 Å². The standard InChI is InChI=1S/C18H19ClN2OS.ClH/c1-2-20-11-18(22)21-12-17(13-7-9-14(19)10-8-13)23-16-6-4-3-5-15(16)21;/h3-10,17,20H,2,11-12H2,1H3;1H/t17-;/m0./s1. The van der Waals surface area contributed by atoms with E-state index in [0.29, 0.717) is 13.1 Å². The molecule has 2 aromatic carbocycles. The van der Waals surface area contributed by atoms with Gasteiger partial charge in [-0.2, -0.15) is 0 Å². The lowest BCUT2D eigenvalue weighted by Gasteiger charge is -2.34. The summed E-state index contributed by atoms with van der Waals surface area (Å²) in [5.41, 5.74) is 2.20. The summed E-state index contributed by atoms with van der Waals surface area (Å²) in [4.78, 5) is 15.6. The highest BCUT2D eigenvalue weighted by Crippen LogP contribution is 2.45. The quantitative estimate of drug-likeness (QED) is 0.841. The second-order valence-corrected chi connectivity index (χ2v) is 7.09. The molecule has 0 spiro atoms. The van der Waals surface area contributed by atoms with Gasteiger partial charge in [-0.05, 0) is 36.4 Å².